The van der Waals surface area contributed by atoms with Crippen LogP contribution >= 0.6 is 23.7 Å². The smallest absolute Gasteiger partial charge is 0.260 e. The minimum atomic E-state index is 0. The van der Waals surface area contributed by atoms with Gasteiger partial charge in [-0.05, 0) is 50.5 Å². The largest absolute Gasteiger partial charge is 0.494 e. The van der Waals surface area contributed by atoms with E-state index in [1.165, 1.54) is 0 Å². The van der Waals surface area contributed by atoms with Crippen LogP contribution in [0.2, 0.25) is 0 Å². The summed E-state index contributed by atoms with van der Waals surface area (Å²) >= 11 is 1.56. The van der Waals surface area contributed by atoms with E-state index < -0.39 is 0 Å². The van der Waals surface area contributed by atoms with Gasteiger partial charge in [0.05, 0.1) is 25.0 Å². The summed E-state index contributed by atoms with van der Waals surface area (Å²) in [4.78, 5) is 22.8. The normalized spacial score (nSPS) is 14.2. The van der Waals surface area contributed by atoms with Gasteiger partial charge in [-0.1, -0.05) is 35.1 Å². The Hall–Kier alpha value is -2.19. The number of halogens is 1. The first-order valence-electron chi connectivity index (χ1n) is 11.1. The van der Waals surface area contributed by atoms with Crippen LogP contribution < -0.4 is 9.64 Å². The van der Waals surface area contributed by atoms with Crippen molar-refractivity contribution in [3.8, 4) is 5.75 Å². The third-order valence-electron chi connectivity index (χ3n) is 5.96. The van der Waals surface area contributed by atoms with Gasteiger partial charge < -0.3 is 9.47 Å². The lowest BCUT2D eigenvalue weighted by molar-refractivity contribution is 0.0376. The zero-order valence-corrected chi connectivity index (χ0v) is 21.4. The highest BCUT2D eigenvalue weighted by Crippen LogP contribution is 2.37. The molecule has 0 aliphatic carbocycles. The van der Waals surface area contributed by atoms with Crippen molar-refractivity contribution in [1.82, 2.24) is 9.88 Å². The van der Waals surface area contributed by atoms with Gasteiger partial charge in [0, 0.05) is 31.7 Å². The molecule has 3 aromatic rings. The molecule has 4 rings (SSSR count). The van der Waals surface area contributed by atoms with Gasteiger partial charge in [0.2, 0.25) is 0 Å². The van der Waals surface area contributed by atoms with Crippen molar-refractivity contribution in [3.63, 3.8) is 0 Å². The molecule has 0 radical (unpaired) electrons. The first-order chi connectivity index (χ1) is 15.5. The summed E-state index contributed by atoms with van der Waals surface area (Å²) in [6, 6.07) is 9.97. The number of hydrogen-bond acceptors (Lipinski definition) is 6. The first kappa shape index (κ1) is 25.4. The lowest BCUT2D eigenvalue weighted by atomic mass is 10.0. The number of aryl methyl sites for hydroxylation is 3. The molecule has 33 heavy (non-hydrogen) atoms. The molecule has 0 N–H and O–H groups in total. The van der Waals surface area contributed by atoms with E-state index in [4.69, 9.17) is 14.5 Å². The van der Waals surface area contributed by atoms with Crippen molar-refractivity contribution in [3.05, 3.63) is 52.6 Å². The fraction of sp³-hybridized carbons (Fsp3) is 0.440. The molecule has 0 saturated carbocycles. The van der Waals surface area contributed by atoms with E-state index in [2.05, 4.69) is 17.9 Å². The maximum absolute atomic E-state index is 13.7. The molecule has 8 heteroatoms. The Kier molecular flexibility index (Phi) is 8.70. The number of hydrogen-bond donors (Lipinski definition) is 0. The number of rotatable bonds is 7. The Morgan fingerprint density at radius 2 is 1.91 bits per heavy atom. The van der Waals surface area contributed by atoms with Crippen LogP contribution in [-0.4, -0.2) is 62.3 Å². The van der Waals surface area contributed by atoms with Gasteiger partial charge in [0.15, 0.2) is 5.13 Å². The number of methoxy groups -OCH3 is 1. The molecule has 0 bridgehead atoms. The molecule has 0 atom stereocenters. The summed E-state index contributed by atoms with van der Waals surface area (Å²) < 4.78 is 12.1. The summed E-state index contributed by atoms with van der Waals surface area (Å²) in [6.45, 7) is 11.1. The minimum Gasteiger partial charge on any atom is -0.494 e. The van der Waals surface area contributed by atoms with Crippen LogP contribution in [0.25, 0.3) is 10.2 Å². The van der Waals surface area contributed by atoms with E-state index >= 15 is 0 Å². The van der Waals surface area contributed by atoms with Gasteiger partial charge in [0.1, 0.15) is 11.3 Å². The molecule has 1 fully saturated rings. The number of fused-ring (bicyclic) bond motifs is 1. The number of ether oxygens (including phenoxy) is 2. The van der Waals surface area contributed by atoms with E-state index in [0.29, 0.717) is 6.54 Å². The van der Waals surface area contributed by atoms with Crippen molar-refractivity contribution in [2.75, 3.05) is 51.4 Å². The second-order valence-corrected chi connectivity index (χ2v) is 9.32. The lowest BCUT2D eigenvalue weighted by Crippen LogP contribution is -2.39. The average Bonchev–Trinajstić information content (AvgIpc) is 3.23. The molecular formula is C25H32ClN3O3S. The maximum Gasteiger partial charge on any atom is 0.260 e. The van der Waals surface area contributed by atoms with Crippen LogP contribution in [-0.2, 0) is 4.74 Å². The van der Waals surface area contributed by atoms with Crippen molar-refractivity contribution in [1.29, 1.82) is 0 Å². The van der Waals surface area contributed by atoms with E-state index in [0.717, 1.165) is 82.6 Å². The van der Waals surface area contributed by atoms with Crippen LogP contribution in [0.5, 0.6) is 5.75 Å². The van der Waals surface area contributed by atoms with Gasteiger partial charge in [-0.3, -0.25) is 14.6 Å². The molecule has 0 unspecified atom stereocenters. The first-order valence-corrected chi connectivity index (χ1v) is 11.9. The Morgan fingerprint density at radius 1 is 1.15 bits per heavy atom. The number of amides is 1. The van der Waals surface area contributed by atoms with Crippen LogP contribution in [0.15, 0.2) is 30.3 Å². The molecule has 0 spiro atoms. The standard InChI is InChI=1S/C25H31N3O3S.ClH/c1-17-6-8-20(19(3)16-17)24(29)28(11-5-10-27-12-14-31-15-13-27)25-26-22-21(30-4)9-7-18(2)23(22)32-25;/h6-9,16H,5,10-15H2,1-4H3;1H. The van der Waals surface area contributed by atoms with Gasteiger partial charge in [0.25, 0.3) is 5.91 Å². The quantitative estimate of drug-likeness (QED) is 0.466. The Balaban J connectivity index is 0.00000306. The van der Waals surface area contributed by atoms with Crippen LogP contribution in [0.3, 0.4) is 0 Å². The number of anilines is 1. The van der Waals surface area contributed by atoms with Crippen LogP contribution in [0, 0.1) is 20.8 Å². The average molecular weight is 490 g/mol. The zero-order chi connectivity index (χ0) is 22.7. The van der Waals surface area contributed by atoms with E-state index in [1.807, 2.05) is 43.0 Å². The fourth-order valence-electron chi connectivity index (χ4n) is 4.14. The summed E-state index contributed by atoms with van der Waals surface area (Å²) in [7, 11) is 1.66. The Bertz CT molecular complexity index is 1110. The third kappa shape index (κ3) is 5.66. The molecule has 1 aromatic heterocycles. The van der Waals surface area contributed by atoms with Crippen molar-refractivity contribution in [2.24, 2.45) is 0 Å². The highest BCUT2D eigenvalue weighted by molar-refractivity contribution is 7.22. The van der Waals surface area contributed by atoms with E-state index in [-0.39, 0.29) is 18.3 Å². The molecule has 6 nitrogen and oxygen atoms in total. The molecule has 2 heterocycles. The number of morpholine rings is 1. The Labute approximate surface area is 205 Å². The van der Waals surface area contributed by atoms with Crippen molar-refractivity contribution >= 4 is 45.0 Å². The number of benzene rings is 2. The molecule has 1 amide bonds. The van der Waals surface area contributed by atoms with Crippen molar-refractivity contribution < 1.29 is 14.3 Å². The number of carbonyl (C=O) groups is 1. The summed E-state index contributed by atoms with van der Waals surface area (Å²) in [5.41, 5.74) is 4.82. The summed E-state index contributed by atoms with van der Waals surface area (Å²) in [6.07, 6.45) is 0.878. The number of carbonyl (C=O) groups excluding carboxylic acids is 1. The molecule has 1 saturated heterocycles. The second-order valence-electron chi connectivity index (χ2n) is 8.34. The predicted octanol–water partition coefficient (Wildman–Crippen LogP) is 5.02. The Morgan fingerprint density at radius 3 is 2.61 bits per heavy atom. The lowest BCUT2D eigenvalue weighted by Gasteiger charge is -2.28. The summed E-state index contributed by atoms with van der Waals surface area (Å²) in [5.74, 6) is 0.737. The van der Waals surface area contributed by atoms with Gasteiger partial charge in [-0.2, -0.15) is 0 Å². The number of nitrogens with zero attached hydrogens (tertiary/aromatic N) is 3. The molecule has 178 valence electrons. The topological polar surface area (TPSA) is 54.9 Å². The number of aromatic nitrogens is 1. The SMILES string of the molecule is COc1ccc(C)c2sc(N(CCCN3CCOCC3)C(=O)c3ccc(C)cc3C)nc12.Cl. The van der Waals surface area contributed by atoms with Crippen LogP contribution in [0.1, 0.15) is 33.5 Å². The van der Waals surface area contributed by atoms with E-state index in [1.54, 1.807) is 18.4 Å². The highest BCUT2D eigenvalue weighted by atomic mass is 35.5. The van der Waals surface area contributed by atoms with Crippen molar-refractivity contribution in [2.45, 2.75) is 27.2 Å². The molecule has 2 aromatic carbocycles. The highest BCUT2D eigenvalue weighted by Gasteiger charge is 2.24. The summed E-state index contributed by atoms with van der Waals surface area (Å²) in [5, 5.41) is 0.722. The van der Waals surface area contributed by atoms with Gasteiger partial charge in [-0.25, -0.2) is 4.98 Å². The molecular weight excluding hydrogens is 458 g/mol. The minimum absolute atomic E-state index is 0. The van der Waals surface area contributed by atoms with Gasteiger partial charge >= 0.3 is 0 Å². The van der Waals surface area contributed by atoms with Gasteiger partial charge in [-0.15, -0.1) is 12.4 Å². The fourth-order valence-corrected chi connectivity index (χ4v) is 5.21. The number of thiazole rings is 1. The monoisotopic (exact) mass is 489 g/mol. The zero-order valence-electron chi connectivity index (χ0n) is 19.7. The maximum atomic E-state index is 13.7. The second kappa shape index (κ2) is 11.3. The molecule has 1 aliphatic rings. The molecule has 1 aliphatic heterocycles. The predicted molar refractivity (Wildman–Crippen MR) is 138 cm³/mol. The third-order valence-corrected chi connectivity index (χ3v) is 7.17. The van der Waals surface area contributed by atoms with Crippen LogP contribution in [0.4, 0.5) is 5.13 Å². The van der Waals surface area contributed by atoms with E-state index in [9.17, 15) is 4.79 Å².